The minimum atomic E-state index is 0.0107. The maximum atomic E-state index is 12.6. The Kier molecular flexibility index (Phi) is 2.88. The number of aromatic nitrogens is 4. The summed E-state index contributed by atoms with van der Waals surface area (Å²) in [5.74, 6) is 0.0107. The van der Waals surface area contributed by atoms with Gasteiger partial charge in [0.1, 0.15) is 0 Å². The van der Waals surface area contributed by atoms with E-state index in [0.717, 1.165) is 25.0 Å². The number of nitrogens with zero attached hydrogens (tertiary/aromatic N) is 5. The van der Waals surface area contributed by atoms with Gasteiger partial charge in [-0.05, 0) is 42.4 Å². The van der Waals surface area contributed by atoms with Gasteiger partial charge in [-0.1, -0.05) is 10.6 Å². The second kappa shape index (κ2) is 4.77. The van der Waals surface area contributed by atoms with Crippen LogP contribution in [0.3, 0.4) is 0 Å². The Bertz CT molecular complexity index is 705. The number of hydrogen-bond donors (Lipinski definition) is 0. The van der Waals surface area contributed by atoms with Crippen molar-refractivity contribution in [2.75, 3.05) is 0 Å². The molecule has 108 valence electrons. The Balaban J connectivity index is 1.65. The van der Waals surface area contributed by atoms with Gasteiger partial charge in [-0.15, -0.1) is 5.10 Å². The number of hydrogen-bond acceptors (Lipinski definition) is 5. The maximum Gasteiger partial charge on any atom is 0.276 e. The molecule has 0 saturated carbocycles. The van der Waals surface area contributed by atoms with Crippen molar-refractivity contribution < 1.29 is 4.79 Å². The zero-order valence-electron chi connectivity index (χ0n) is 11.6. The van der Waals surface area contributed by atoms with Crippen LogP contribution in [-0.4, -0.2) is 42.3 Å². The highest BCUT2D eigenvalue weighted by atomic mass is 32.1. The minimum absolute atomic E-state index is 0.0107. The number of carbonyl (C=O) groups excluding carboxylic acids is 1. The highest BCUT2D eigenvalue weighted by Crippen LogP contribution is 2.39. The lowest BCUT2D eigenvalue weighted by Crippen LogP contribution is -2.43. The van der Waals surface area contributed by atoms with Gasteiger partial charge in [0.2, 0.25) is 0 Å². The number of aryl methyl sites for hydroxylation is 1. The zero-order chi connectivity index (χ0) is 14.4. The number of carbonyl (C=O) groups is 1. The first kappa shape index (κ1) is 12.7. The third-order valence-electron chi connectivity index (χ3n) is 4.36. The summed E-state index contributed by atoms with van der Waals surface area (Å²) in [6, 6.07) is 2.47. The molecule has 4 heterocycles. The molecule has 21 heavy (non-hydrogen) atoms. The number of rotatable bonds is 2. The SMILES string of the molecule is Cn1nccc1C1=CC2CCC(C1)N2C(=O)c1csnn1. The molecule has 0 spiro atoms. The van der Waals surface area contributed by atoms with E-state index in [1.54, 1.807) is 5.38 Å². The second-order valence-corrected chi connectivity index (χ2v) is 6.15. The van der Waals surface area contributed by atoms with Crippen LogP contribution in [0, 0.1) is 0 Å². The van der Waals surface area contributed by atoms with Crippen LogP contribution in [0.15, 0.2) is 23.7 Å². The van der Waals surface area contributed by atoms with Gasteiger partial charge in [0.15, 0.2) is 5.69 Å². The summed E-state index contributed by atoms with van der Waals surface area (Å²) in [6.07, 6.45) is 7.00. The van der Waals surface area contributed by atoms with Gasteiger partial charge in [0, 0.05) is 24.7 Å². The largest absolute Gasteiger partial charge is 0.327 e. The van der Waals surface area contributed by atoms with Gasteiger partial charge < -0.3 is 4.90 Å². The van der Waals surface area contributed by atoms with E-state index >= 15 is 0 Å². The van der Waals surface area contributed by atoms with E-state index in [-0.39, 0.29) is 18.0 Å². The Hall–Kier alpha value is -2.02. The second-order valence-electron chi connectivity index (χ2n) is 5.54. The lowest BCUT2D eigenvalue weighted by molar-refractivity contribution is 0.0686. The summed E-state index contributed by atoms with van der Waals surface area (Å²) >= 11 is 1.22. The fraction of sp³-hybridized carbons (Fsp3) is 0.429. The lowest BCUT2D eigenvalue weighted by atomic mass is 9.98. The summed E-state index contributed by atoms with van der Waals surface area (Å²) in [5, 5.41) is 9.87. The van der Waals surface area contributed by atoms with Gasteiger partial charge in [0.25, 0.3) is 5.91 Å². The first-order valence-corrected chi connectivity index (χ1v) is 7.86. The van der Waals surface area contributed by atoms with Gasteiger partial charge in [-0.25, -0.2) is 0 Å². The van der Waals surface area contributed by atoms with Crippen molar-refractivity contribution in [3.63, 3.8) is 0 Å². The van der Waals surface area contributed by atoms with Crippen molar-refractivity contribution in [2.24, 2.45) is 7.05 Å². The summed E-state index contributed by atoms with van der Waals surface area (Å²) in [7, 11) is 1.95. The molecule has 1 amide bonds. The van der Waals surface area contributed by atoms with Crippen LogP contribution in [0.4, 0.5) is 0 Å². The van der Waals surface area contributed by atoms with E-state index in [1.165, 1.54) is 17.1 Å². The molecule has 4 rings (SSSR count). The van der Waals surface area contributed by atoms with Crippen molar-refractivity contribution >= 4 is 23.0 Å². The number of fused-ring (bicyclic) bond motifs is 2. The molecule has 1 fully saturated rings. The van der Waals surface area contributed by atoms with Crippen LogP contribution in [0.2, 0.25) is 0 Å². The van der Waals surface area contributed by atoms with Gasteiger partial charge in [-0.2, -0.15) is 5.10 Å². The lowest BCUT2D eigenvalue weighted by Gasteiger charge is -2.33. The Morgan fingerprint density at radius 3 is 3.00 bits per heavy atom. The molecule has 2 aliphatic heterocycles. The summed E-state index contributed by atoms with van der Waals surface area (Å²) in [5.41, 5.74) is 2.91. The fourth-order valence-corrected chi connectivity index (χ4v) is 3.85. The standard InChI is InChI=1S/C14H15N5OS/c1-18-13(4-5-15-18)9-6-10-2-3-11(7-9)19(10)14(20)12-8-21-17-16-12/h4-6,8,10-11H,2-3,7H2,1H3. The summed E-state index contributed by atoms with van der Waals surface area (Å²) in [6.45, 7) is 0. The highest BCUT2D eigenvalue weighted by Gasteiger charge is 2.40. The predicted molar refractivity (Wildman–Crippen MR) is 78.7 cm³/mol. The highest BCUT2D eigenvalue weighted by molar-refractivity contribution is 7.03. The summed E-state index contributed by atoms with van der Waals surface area (Å²) in [4.78, 5) is 14.5. The van der Waals surface area contributed by atoms with E-state index in [1.807, 2.05) is 28.9 Å². The average molecular weight is 301 g/mol. The maximum absolute atomic E-state index is 12.6. The molecule has 1 saturated heterocycles. The third-order valence-corrected chi connectivity index (χ3v) is 4.86. The normalized spacial score (nSPS) is 24.2. The van der Waals surface area contributed by atoms with Crippen molar-refractivity contribution in [3.05, 3.63) is 35.1 Å². The molecule has 6 nitrogen and oxygen atoms in total. The van der Waals surface area contributed by atoms with Crippen LogP contribution in [0.25, 0.3) is 5.57 Å². The van der Waals surface area contributed by atoms with E-state index < -0.39 is 0 Å². The average Bonchev–Trinajstić information content (AvgIpc) is 3.19. The zero-order valence-corrected chi connectivity index (χ0v) is 12.5. The monoisotopic (exact) mass is 301 g/mol. The first-order chi connectivity index (χ1) is 10.2. The topological polar surface area (TPSA) is 63.9 Å². The molecule has 2 atom stereocenters. The number of amides is 1. The van der Waals surface area contributed by atoms with E-state index in [4.69, 9.17) is 0 Å². The van der Waals surface area contributed by atoms with Gasteiger partial charge in [-0.3, -0.25) is 9.48 Å². The molecular weight excluding hydrogens is 286 g/mol. The molecule has 2 aromatic heterocycles. The quantitative estimate of drug-likeness (QED) is 0.847. The molecule has 2 bridgehead atoms. The smallest absolute Gasteiger partial charge is 0.276 e. The fourth-order valence-electron chi connectivity index (χ4n) is 3.42. The van der Waals surface area contributed by atoms with Gasteiger partial charge >= 0.3 is 0 Å². The van der Waals surface area contributed by atoms with E-state index in [9.17, 15) is 4.79 Å². The molecule has 2 aromatic rings. The molecule has 2 aliphatic rings. The Morgan fingerprint density at radius 2 is 2.33 bits per heavy atom. The molecule has 0 radical (unpaired) electrons. The molecule has 7 heteroatoms. The molecule has 0 aliphatic carbocycles. The minimum Gasteiger partial charge on any atom is -0.327 e. The van der Waals surface area contributed by atoms with Crippen molar-refractivity contribution in [1.29, 1.82) is 0 Å². The van der Waals surface area contributed by atoms with E-state index in [2.05, 4.69) is 20.8 Å². The van der Waals surface area contributed by atoms with Crippen LogP contribution >= 0.6 is 11.5 Å². The summed E-state index contributed by atoms with van der Waals surface area (Å²) < 4.78 is 5.69. The first-order valence-electron chi connectivity index (χ1n) is 7.03. The Morgan fingerprint density at radius 1 is 1.43 bits per heavy atom. The third kappa shape index (κ3) is 1.99. The molecule has 2 unspecified atom stereocenters. The van der Waals surface area contributed by atoms with E-state index in [0.29, 0.717) is 5.69 Å². The van der Waals surface area contributed by atoms with Crippen molar-refractivity contribution in [3.8, 4) is 0 Å². The van der Waals surface area contributed by atoms with Crippen LogP contribution in [0.5, 0.6) is 0 Å². The van der Waals surface area contributed by atoms with Gasteiger partial charge in [0.05, 0.1) is 11.7 Å². The van der Waals surface area contributed by atoms with Crippen molar-refractivity contribution in [1.82, 2.24) is 24.3 Å². The van der Waals surface area contributed by atoms with Crippen LogP contribution in [0.1, 0.15) is 35.4 Å². The van der Waals surface area contributed by atoms with Crippen LogP contribution in [-0.2, 0) is 7.05 Å². The van der Waals surface area contributed by atoms with Crippen molar-refractivity contribution in [2.45, 2.75) is 31.3 Å². The molecular formula is C14H15N5OS. The van der Waals surface area contributed by atoms with Crippen LogP contribution < -0.4 is 0 Å². The predicted octanol–water partition coefficient (Wildman–Crippen LogP) is 1.73. The molecule has 0 aromatic carbocycles. The molecule has 0 N–H and O–H groups in total. The Labute approximate surface area is 126 Å².